The molecular formula is C7H7NS. The topological polar surface area (TPSA) is 12.9 Å². The molecule has 0 radical (unpaired) electrons. The van der Waals surface area contributed by atoms with E-state index in [1.807, 2.05) is 5.51 Å². The van der Waals surface area contributed by atoms with E-state index in [9.17, 15) is 0 Å². The minimum absolute atomic E-state index is 1.19. The normalized spacial score (nSPS) is 15.6. The van der Waals surface area contributed by atoms with Gasteiger partial charge in [0.05, 0.1) is 11.2 Å². The molecule has 0 unspecified atom stereocenters. The molecule has 0 saturated heterocycles. The summed E-state index contributed by atoms with van der Waals surface area (Å²) >= 11 is 1.76. The van der Waals surface area contributed by atoms with Gasteiger partial charge < -0.3 is 0 Å². The lowest BCUT2D eigenvalue weighted by Crippen LogP contribution is -1.87. The lowest BCUT2D eigenvalue weighted by Gasteiger charge is -1.99. The van der Waals surface area contributed by atoms with Crippen LogP contribution in [0.5, 0.6) is 0 Å². The number of thiazole rings is 1. The van der Waals surface area contributed by atoms with Crippen molar-refractivity contribution in [3.63, 3.8) is 0 Å². The smallest absolute Gasteiger partial charge is 0.0801 e. The summed E-state index contributed by atoms with van der Waals surface area (Å²) in [5, 5.41) is 0. The summed E-state index contributed by atoms with van der Waals surface area (Å²) in [7, 11) is 0. The van der Waals surface area contributed by atoms with Gasteiger partial charge in [0, 0.05) is 4.88 Å². The van der Waals surface area contributed by atoms with E-state index < -0.39 is 0 Å². The van der Waals surface area contributed by atoms with E-state index in [4.69, 9.17) is 0 Å². The monoisotopic (exact) mass is 137 g/mol. The van der Waals surface area contributed by atoms with Gasteiger partial charge in [-0.25, -0.2) is 4.98 Å². The average molecular weight is 137 g/mol. The first kappa shape index (κ1) is 5.18. The molecule has 1 aromatic heterocycles. The molecular weight excluding hydrogens is 130 g/mol. The fraction of sp³-hybridized carbons (Fsp3) is 0.286. The van der Waals surface area contributed by atoms with Gasteiger partial charge in [0.15, 0.2) is 0 Å². The summed E-state index contributed by atoms with van der Waals surface area (Å²) in [5.74, 6) is 0. The van der Waals surface area contributed by atoms with E-state index in [0.29, 0.717) is 0 Å². The molecule has 0 saturated carbocycles. The Morgan fingerprint density at radius 1 is 1.56 bits per heavy atom. The van der Waals surface area contributed by atoms with Gasteiger partial charge in [-0.2, -0.15) is 0 Å². The third kappa shape index (κ3) is 0.793. The van der Waals surface area contributed by atoms with Gasteiger partial charge in [-0.3, -0.25) is 0 Å². The summed E-state index contributed by atoms with van der Waals surface area (Å²) < 4.78 is 0. The Morgan fingerprint density at radius 2 is 2.56 bits per heavy atom. The molecule has 0 bridgehead atoms. The van der Waals surface area contributed by atoms with Crippen LogP contribution in [0.25, 0.3) is 6.08 Å². The maximum absolute atomic E-state index is 4.19. The van der Waals surface area contributed by atoms with Crippen LogP contribution < -0.4 is 0 Å². The number of allylic oxidation sites excluding steroid dienone is 1. The minimum atomic E-state index is 1.19. The maximum atomic E-state index is 4.19. The molecule has 0 atom stereocenters. The lowest BCUT2D eigenvalue weighted by molar-refractivity contribution is 1.00. The van der Waals surface area contributed by atoms with E-state index in [1.165, 1.54) is 23.4 Å². The molecule has 0 N–H and O–H groups in total. The summed E-state index contributed by atoms with van der Waals surface area (Å²) in [6.07, 6.45) is 6.67. The molecule has 1 aliphatic rings. The van der Waals surface area contributed by atoms with Crippen molar-refractivity contribution in [2.75, 3.05) is 0 Å². The zero-order valence-corrected chi connectivity index (χ0v) is 5.82. The number of rotatable bonds is 0. The third-order valence-electron chi connectivity index (χ3n) is 1.49. The van der Waals surface area contributed by atoms with Crippen LogP contribution in [0.15, 0.2) is 11.6 Å². The van der Waals surface area contributed by atoms with Crippen LogP contribution in [-0.2, 0) is 6.42 Å². The van der Waals surface area contributed by atoms with Gasteiger partial charge in [-0.15, -0.1) is 11.3 Å². The molecule has 1 nitrogen and oxygen atoms in total. The minimum Gasteiger partial charge on any atom is -0.245 e. The molecule has 1 aliphatic carbocycles. The quantitative estimate of drug-likeness (QED) is 0.533. The maximum Gasteiger partial charge on any atom is 0.0801 e. The van der Waals surface area contributed by atoms with Gasteiger partial charge in [-0.1, -0.05) is 6.08 Å². The van der Waals surface area contributed by atoms with Gasteiger partial charge in [0.1, 0.15) is 0 Å². The highest BCUT2D eigenvalue weighted by molar-refractivity contribution is 7.09. The first-order chi connectivity index (χ1) is 4.47. The molecule has 0 spiro atoms. The molecule has 1 heterocycles. The van der Waals surface area contributed by atoms with E-state index in [0.717, 1.165) is 0 Å². The second-order valence-corrected chi connectivity index (χ2v) is 3.04. The van der Waals surface area contributed by atoms with Crippen molar-refractivity contribution in [1.82, 2.24) is 4.98 Å². The SMILES string of the molecule is C1=Cc2ncsc2CC1. The number of nitrogens with zero attached hydrogens (tertiary/aromatic N) is 1. The number of aromatic nitrogens is 1. The highest BCUT2D eigenvalue weighted by Gasteiger charge is 2.04. The molecule has 1 aromatic rings. The van der Waals surface area contributed by atoms with Gasteiger partial charge in [0.2, 0.25) is 0 Å². The zero-order chi connectivity index (χ0) is 6.10. The number of aryl methyl sites for hydroxylation is 1. The van der Waals surface area contributed by atoms with Crippen molar-refractivity contribution < 1.29 is 0 Å². The molecule has 46 valence electrons. The van der Waals surface area contributed by atoms with Crippen LogP contribution in [0.3, 0.4) is 0 Å². The van der Waals surface area contributed by atoms with Crippen molar-refractivity contribution in [3.8, 4) is 0 Å². The van der Waals surface area contributed by atoms with Gasteiger partial charge in [-0.05, 0) is 18.9 Å². The first-order valence-corrected chi connectivity index (χ1v) is 3.94. The average Bonchev–Trinajstić information content (AvgIpc) is 2.33. The molecule has 0 amide bonds. The van der Waals surface area contributed by atoms with Crippen LogP contribution in [0, 0.1) is 0 Å². The number of hydrogen-bond donors (Lipinski definition) is 0. The molecule has 0 aliphatic heterocycles. The second-order valence-electron chi connectivity index (χ2n) is 2.10. The van der Waals surface area contributed by atoms with Crippen molar-refractivity contribution in [1.29, 1.82) is 0 Å². The predicted molar refractivity (Wildman–Crippen MR) is 39.5 cm³/mol. The Balaban J connectivity index is 2.53. The summed E-state index contributed by atoms with van der Waals surface area (Å²) in [6.45, 7) is 0. The molecule has 0 aromatic carbocycles. The highest BCUT2D eigenvalue weighted by Crippen LogP contribution is 2.20. The van der Waals surface area contributed by atoms with Crippen molar-refractivity contribution in [2.24, 2.45) is 0 Å². The standard InChI is InChI=1S/C7H7NS/c1-2-4-7-6(3-1)8-5-9-7/h1,3,5H,2,4H2. The molecule has 2 rings (SSSR count). The van der Waals surface area contributed by atoms with Crippen LogP contribution in [-0.4, -0.2) is 4.98 Å². The van der Waals surface area contributed by atoms with Crippen molar-refractivity contribution in [3.05, 3.63) is 22.2 Å². The summed E-state index contributed by atoms with van der Waals surface area (Å²) in [6, 6.07) is 0. The Kier molecular flexibility index (Phi) is 1.12. The third-order valence-corrected chi connectivity index (χ3v) is 2.39. The van der Waals surface area contributed by atoms with Crippen LogP contribution in [0.4, 0.5) is 0 Å². The van der Waals surface area contributed by atoms with Gasteiger partial charge >= 0.3 is 0 Å². The number of fused-ring (bicyclic) bond motifs is 1. The van der Waals surface area contributed by atoms with E-state index in [1.54, 1.807) is 11.3 Å². The highest BCUT2D eigenvalue weighted by atomic mass is 32.1. The Morgan fingerprint density at radius 3 is 3.44 bits per heavy atom. The van der Waals surface area contributed by atoms with Gasteiger partial charge in [0.25, 0.3) is 0 Å². The van der Waals surface area contributed by atoms with E-state index in [-0.39, 0.29) is 0 Å². The number of hydrogen-bond acceptors (Lipinski definition) is 2. The van der Waals surface area contributed by atoms with Crippen LogP contribution in [0.2, 0.25) is 0 Å². The fourth-order valence-corrected chi connectivity index (χ4v) is 1.78. The largest absolute Gasteiger partial charge is 0.245 e. The van der Waals surface area contributed by atoms with Crippen LogP contribution in [0.1, 0.15) is 17.0 Å². The fourth-order valence-electron chi connectivity index (χ4n) is 1.01. The van der Waals surface area contributed by atoms with Crippen molar-refractivity contribution >= 4 is 17.4 Å². The molecule has 0 fully saturated rings. The van der Waals surface area contributed by atoms with E-state index >= 15 is 0 Å². The van der Waals surface area contributed by atoms with Crippen molar-refractivity contribution in [2.45, 2.75) is 12.8 Å². The zero-order valence-electron chi connectivity index (χ0n) is 5.00. The summed E-state index contributed by atoms with van der Waals surface area (Å²) in [5.41, 5.74) is 3.10. The Hall–Kier alpha value is -0.630. The predicted octanol–water partition coefficient (Wildman–Crippen LogP) is 2.10. The second kappa shape index (κ2) is 1.95. The lowest BCUT2D eigenvalue weighted by atomic mass is 10.1. The Labute approximate surface area is 58.1 Å². The van der Waals surface area contributed by atoms with Crippen LogP contribution >= 0.6 is 11.3 Å². The first-order valence-electron chi connectivity index (χ1n) is 3.06. The Bertz CT molecular complexity index is 237. The molecule has 9 heavy (non-hydrogen) atoms. The molecule has 2 heteroatoms. The van der Waals surface area contributed by atoms with E-state index in [2.05, 4.69) is 17.1 Å². The summed E-state index contributed by atoms with van der Waals surface area (Å²) in [4.78, 5) is 5.63.